The van der Waals surface area contributed by atoms with Gasteiger partial charge in [-0.15, -0.1) is 0 Å². The average Bonchev–Trinajstić information content (AvgIpc) is 2.85. The van der Waals surface area contributed by atoms with E-state index in [1.165, 1.54) is 17.2 Å². The standard InChI is InChI=1S/C30H25NO2/c1-30(2)24-12-6-8-14-26(24)31(27-15-9-7-13-25(27)30)23-18-16-22(17-19-23)29(33)20-28(32)21-10-4-3-5-11-21/h3-20,32H,1-2H3. The van der Waals surface area contributed by atoms with Crippen LogP contribution in [0.15, 0.2) is 109 Å². The first kappa shape index (κ1) is 20.8. The third kappa shape index (κ3) is 3.62. The summed E-state index contributed by atoms with van der Waals surface area (Å²) in [5.41, 5.74) is 6.83. The fourth-order valence-electron chi connectivity index (χ4n) is 4.62. The number of allylic oxidation sites excluding steroid dienone is 1. The van der Waals surface area contributed by atoms with E-state index in [9.17, 15) is 9.90 Å². The van der Waals surface area contributed by atoms with Gasteiger partial charge in [0.1, 0.15) is 5.76 Å². The van der Waals surface area contributed by atoms with E-state index in [0.29, 0.717) is 11.1 Å². The summed E-state index contributed by atoms with van der Waals surface area (Å²) in [6.07, 6.45) is 1.28. The summed E-state index contributed by atoms with van der Waals surface area (Å²) in [5, 5.41) is 10.3. The Morgan fingerprint density at radius 3 is 1.79 bits per heavy atom. The maximum atomic E-state index is 12.7. The SMILES string of the molecule is CC1(C)c2ccccc2N(c2ccc(C(=O)C=C(O)c3ccccc3)cc2)c2ccccc21. The molecule has 1 aliphatic heterocycles. The molecule has 5 rings (SSSR count). The van der Waals surface area contributed by atoms with Gasteiger partial charge in [0, 0.05) is 28.3 Å². The van der Waals surface area contributed by atoms with Gasteiger partial charge in [-0.05, 0) is 47.5 Å². The van der Waals surface area contributed by atoms with Crippen molar-refractivity contribution in [2.75, 3.05) is 4.90 Å². The van der Waals surface area contributed by atoms with Gasteiger partial charge in [0.25, 0.3) is 0 Å². The summed E-state index contributed by atoms with van der Waals surface area (Å²) in [4.78, 5) is 15.0. The van der Waals surface area contributed by atoms with Crippen molar-refractivity contribution >= 4 is 28.6 Å². The molecule has 0 saturated carbocycles. The van der Waals surface area contributed by atoms with Crippen LogP contribution in [-0.4, -0.2) is 10.9 Å². The Morgan fingerprint density at radius 1 is 0.697 bits per heavy atom. The average molecular weight is 432 g/mol. The predicted molar refractivity (Wildman–Crippen MR) is 135 cm³/mol. The van der Waals surface area contributed by atoms with E-state index in [-0.39, 0.29) is 17.0 Å². The molecule has 162 valence electrons. The smallest absolute Gasteiger partial charge is 0.189 e. The number of para-hydroxylation sites is 2. The Morgan fingerprint density at radius 2 is 1.21 bits per heavy atom. The number of nitrogens with zero attached hydrogens (tertiary/aromatic N) is 1. The van der Waals surface area contributed by atoms with Crippen molar-refractivity contribution in [1.82, 2.24) is 0 Å². The Balaban J connectivity index is 1.52. The van der Waals surface area contributed by atoms with Crippen LogP contribution < -0.4 is 4.90 Å². The Bertz CT molecular complexity index is 1300. The summed E-state index contributed by atoms with van der Waals surface area (Å²) in [6.45, 7) is 4.52. The summed E-state index contributed by atoms with van der Waals surface area (Å²) in [7, 11) is 0. The number of fused-ring (bicyclic) bond motifs is 2. The second-order valence-electron chi connectivity index (χ2n) is 8.80. The fourth-order valence-corrected chi connectivity index (χ4v) is 4.62. The van der Waals surface area contributed by atoms with Crippen LogP contribution in [0, 0.1) is 0 Å². The first-order chi connectivity index (χ1) is 16.0. The van der Waals surface area contributed by atoms with Crippen LogP contribution in [0.3, 0.4) is 0 Å². The van der Waals surface area contributed by atoms with Gasteiger partial charge in [0.05, 0.1) is 11.4 Å². The maximum Gasteiger partial charge on any atom is 0.189 e. The lowest BCUT2D eigenvalue weighted by Crippen LogP contribution is -2.30. The largest absolute Gasteiger partial charge is 0.507 e. The number of rotatable bonds is 4. The quantitative estimate of drug-likeness (QED) is 0.206. The van der Waals surface area contributed by atoms with Gasteiger partial charge < -0.3 is 10.0 Å². The molecule has 0 bridgehead atoms. The van der Waals surface area contributed by atoms with Gasteiger partial charge in [0.2, 0.25) is 0 Å². The topological polar surface area (TPSA) is 40.5 Å². The van der Waals surface area contributed by atoms with Crippen LogP contribution in [0.4, 0.5) is 17.1 Å². The summed E-state index contributed by atoms with van der Waals surface area (Å²) in [5.74, 6) is -0.269. The predicted octanol–water partition coefficient (Wildman–Crippen LogP) is 7.58. The van der Waals surface area contributed by atoms with Crippen molar-refractivity contribution in [1.29, 1.82) is 0 Å². The zero-order valence-electron chi connectivity index (χ0n) is 18.7. The number of aliphatic hydroxyl groups is 1. The molecule has 0 unspecified atom stereocenters. The number of ketones is 1. The van der Waals surface area contributed by atoms with E-state index in [2.05, 4.69) is 67.3 Å². The molecule has 1 N–H and O–H groups in total. The lowest BCUT2D eigenvalue weighted by atomic mass is 9.73. The molecule has 4 aromatic carbocycles. The van der Waals surface area contributed by atoms with Crippen molar-refractivity contribution in [3.63, 3.8) is 0 Å². The van der Waals surface area contributed by atoms with Crippen LogP contribution in [0.5, 0.6) is 0 Å². The Labute approximate surface area is 194 Å². The summed E-state index contributed by atoms with van der Waals surface area (Å²) in [6, 6.07) is 33.6. The van der Waals surface area contributed by atoms with E-state index in [1.54, 1.807) is 12.1 Å². The normalized spacial score (nSPS) is 14.4. The third-order valence-electron chi connectivity index (χ3n) is 6.38. The lowest BCUT2D eigenvalue weighted by Gasteiger charge is -2.42. The molecule has 0 aromatic heterocycles. The number of benzene rings is 4. The summed E-state index contributed by atoms with van der Waals surface area (Å²) < 4.78 is 0. The molecule has 4 aromatic rings. The molecule has 3 heteroatoms. The number of carbonyl (C=O) groups excluding carboxylic acids is 1. The van der Waals surface area contributed by atoms with Crippen LogP contribution in [-0.2, 0) is 5.41 Å². The molecule has 33 heavy (non-hydrogen) atoms. The minimum atomic E-state index is -0.233. The third-order valence-corrected chi connectivity index (χ3v) is 6.38. The molecule has 3 nitrogen and oxygen atoms in total. The van der Waals surface area contributed by atoms with Crippen LogP contribution >= 0.6 is 0 Å². The molecule has 0 radical (unpaired) electrons. The highest BCUT2D eigenvalue weighted by molar-refractivity contribution is 6.08. The van der Waals surface area contributed by atoms with E-state index in [4.69, 9.17) is 0 Å². The fraction of sp³-hybridized carbons (Fsp3) is 0.100. The van der Waals surface area contributed by atoms with E-state index >= 15 is 0 Å². The molecule has 1 aliphatic rings. The number of carbonyl (C=O) groups is 1. The van der Waals surface area contributed by atoms with E-state index in [0.717, 1.165) is 17.1 Å². The van der Waals surface area contributed by atoms with Gasteiger partial charge in [-0.25, -0.2) is 0 Å². The van der Waals surface area contributed by atoms with Crippen molar-refractivity contribution in [2.45, 2.75) is 19.3 Å². The highest BCUT2D eigenvalue weighted by atomic mass is 16.3. The highest BCUT2D eigenvalue weighted by Crippen LogP contribution is 2.51. The summed E-state index contributed by atoms with van der Waals surface area (Å²) >= 11 is 0. The molecular weight excluding hydrogens is 406 g/mol. The van der Waals surface area contributed by atoms with E-state index < -0.39 is 0 Å². The monoisotopic (exact) mass is 431 g/mol. The highest BCUT2D eigenvalue weighted by Gasteiger charge is 2.36. The van der Waals surface area contributed by atoms with Gasteiger partial charge >= 0.3 is 0 Å². The van der Waals surface area contributed by atoms with Crippen LogP contribution in [0.1, 0.15) is 40.9 Å². The molecule has 0 aliphatic carbocycles. The van der Waals surface area contributed by atoms with Gasteiger partial charge in [-0.3, -0.25) is 4.79 Å². The lowest BCUT2D eigenvalue weighted by molar-refractivity contribution is 0.104. The number of hydrogen-bond acceptors (Lipinski definition) is 3. The molecular formula is C30H25NO2. The second kappa shape index (κ2) is 8.10. The van der Waals surface area contributed by atoms with Crippen molar-refractivity contribution < 1.29 is 9.90 Å². The second-order valence-corrected chi connectivity index (χ2v) is 8.80. The van der Waals surface area contributed by atoms with Crippen LogP contribution in [0.25, 0.3) is 5.76 Å². The van der Waals surface area contributed by atoms with Gasteiger partial charge in [-0.1, -0.05) is 80.6 Å². The molecule has 0 fully saturated rings. The molecule has 0 saturated heterocycles. The van der Waals surface area contributed by atoms with Crippen molar-refractivity contribution in [3.05, 3.63) is 131 Å². The Kier molecular flexibility index (Phi) is 5.10. The molecule has 1 heterocycles. The minimum Gasteiger partial charge on any atom is -0.507 e. The van der Waals surface area contributed by atoms with Crippen molar-refractivity contribution in [3.8, 4) is 0 Å². The Hall–Kier alpha value is -4.11. The van der Waals surface area contributed by atoms with Crippen molar-refractivity contribution in [2.24, 2.45) is 0 Å². The molecule has 0 amide bonds. The minimum absolute atomic E-state index is 0.0363. The van der Waals surface area contributed by atoms with Gasteiger partial charge in [0.15, 0.2) is 5.78 Å². The number of anilines is 3. The van der Waals surface area contributed by atoms with Gasteiger partial charge in [-0.2, -0.15) is 0 Å². The van der Waals surface area contributed by atoms with E-state index in [1.807, 2.05) is 42.5 Å². The zero-order valence-corrected chi connectivity index (χ0v) is 18.7. The first-order valence-electron chi connectivity index (χ1n) is 11.1. The number of aliphatic hydroxyl groups excluding tert-OH is 1. The first-order valence-corrected chi connectivity index (χ1v) is 11.1. The van der Waals surface area contributed by atoms with Crippen LogP contribution in [0.2, 0.25) is 0 Å². The molecule has 0 spiro atoms. The maximum absolute atomic E-state index is 12.7. The molecule has 0 atom stereocenters. The zero-order chi connectivity index (χ0) is 23.0. The number of hydrogen-bond donors (Lipinski definition) is 1.